The lowest BCUT2D eigenvalue weighted by Gasteiger charge is -2.37. The second kappa shape index (κ2) is 7.68. The second-order valence-corrected chi connectivity index (χ2v) is 6.69. The van der Waals surface area contributed by atoms with Crippen LogP contribution in [-0.2, 0) is 4.79 Å². The minimum Gasteiger partial charge on any atom is -0.504 e. The molecule has 128 valence electrons. The zero-order chi connectivity index (χ0) is 16.9. The highest BCUT2D eigenvalue weighted by Crippen LogP contribution is 2.25. The van der Waals surface area contributed by atoms with Crippen molar-refractivity contribution in [1.82, 2.24) is 9.80 Å². The molecule has 24 heavy (non-hydrogen) atoms. The lowest BCUT2D eigenvalue weighted by atomic mass is 10.1. The molecule has 1 aromatic carbocycles. The van der Waals surface area contributed by atoms with E-state index in [2.05, 4.69) is 28.7 Å². The highest BCUT2D eigenvalue weighted by molar-refractivity contribution is 7.07. The Bertz CT molecular complexity index is 667. The topological polar surface area (TPSA) is 53.0 Å². The molecule has 2 aromatic rings. The average Bonchev–Trinajstić information content (AvgIpc) is 3.15. The van der Waals surface area contributed by atoms with E-state index in [9.17, 15) is 9.90 Å². The Labute approximate surface area is 146 Å². The fraction of sp³-hybridized carbons (Fsp3) is 0.389. The molecule has 1 aromatic heterocycles. The number of amides is 1. The van der Waals surface area contributed by atoms with Crippen molar-refractivity contribution < 1.29 is 14.6 Å². The van der Waals surface area contributed by atoms with Crippen LogP contribution in [0.2, 0.25) is 0 Å². The first-order valence-electron chi connectivity index (χ1n) is 8.10. The molecule has 1 aliphatic rings. The van der Waals surface area contributed by atoms with Gasteiger partial charge in [-0.2, -0.15) is 11.3 Å². The summed E-state index contributed by atoms with van der Waals surface area (Å²) in [6.07, 6.45) is 0. The number of thiophene rings is 1. The Kier molecular flexibility index (Phi) is 5.37. The monoisotopic (exact) mass is 346 g/mol. The summed E-state index contributed by atoms with van der Waals surface area (Å²) in [5.74, 6) is 0.358. The van der Waals surface area contributed by atoms with Crippen molar-refractivity contribution in [2.75, 3.05) is 32.8 Å². The van der Waals surface area contributed by atoms with Gasteiger partial charge >= 0.3 is 0 Å². The fourth-order valence-corrected chi connectivity index (χ4v) is 3.64. The van der Waals surface area contributed by atoms with Crippen LogP contribution >= 0.6 is 11.3 Å². The van der Waals surface area contributed by atoms with Crippen LogP contribution < -0.4 is 4.74 Å². The molecule has 1 atom stereocenters. The van der Waals surface area contributed by atoms with Gasteiger partial charge in [-0.3, -0.25) is 9.69 Å². The average molecular weight is 346 g/mol. The van der Waals surface area contributed by atoms with E-state index in [1.807, 2.05) is 4.90 Å². The highest BCUT2D eigenvalue weighted by Gasteiger charge is 2.25. The molecule has 0 bridgehead atoms. The van der Waals surface area contributed by atoms with Crippen LogP contribution in [0.4, 0.5) is 0 Å². The number of piperazine rings is 1. The van der Waals surface area contributed by atoms with E-state index in [1.165, 1.54) is 5.56 Å². The van der Waals surface area contributed by atoms with Crippen molar-refractivity contribution in [3.63, 3.8) is 0 Å². The van der Waals surface area contributed by atoms with Crippen molar-refractivity contribution in [3.05, 3.63) is 46.7 Å². The van der Waals surface area contributed by atoms with E-state index in [1.54, 1.807) is 35.6 Å². The predicted octanol–water partition coefficient (Wildman–Crippen LogP) is 2.74. The van der Waals surface area contributed by atoms with E-state index >= 15 is 0 Å². The maximum atomic E-state index is 12.3. The Morgan fingerprint density at radius 1 is 1.25 bits per heavy atom. The lowest BCUT2D eigenvalue weighted by Crippen LogP contribution is -2.50. The number of ether oxygens (including phenoxy) is 1. The maximum Gasteiger partial charge on any atom is 0.260 e. The van der Waals surface area contributed by atoms with Gasteiger partial charge in [-0.05, 0) is 41.4 Å². The Morgan fingerprint density at radius 2 is 2.00 bits per heavy atom. The normalized spacial score (nSPS) is 16.8. The van der Waals surface area contributed by atoms with Crippen molar-refractivity contribution in [1.29, 1.82) is 0 Å². The third-order valence-electron chi connectivity index (χ3n) is 4.46. The first-order valence-corrected chi connectivity index (χ1v) is 9.04. The number of hydrogen-bond acceptors (Lipinski definition) is 5. The number of rotatable bonds is 5. The Hall–Kier alpha value is -2.05. The minimum atomic E-state index is -0.0440. The first kappa shape index (κ1) is 16.8. The number of carbonyl (C=O) groups excluding carboxylic acids is 1. The molecule has 0 aliphatic carbocycles. The number of nitrogens with zero attached hydrogens (tertiary/aromatic N) is 2. The second-order valence-electron chi connectivity index (χ2n) is 5.91. The standard InChI is InChI=1S/C18H22N2O3S/c1-14(15-6-11-24-13-15)19-7-9-20(10-8-19)18(22)12-23-17-5-3-2-4-16(17)21/h2-6,11,13-14,21H,7-10,12H2,1H3/t14-/m1/s1. The van der Waals surface area contributed by atoms with Crippen LogP contribution in [0.3, 0.4) is 0 Å². The van der Waals surface area contributed by atoms with Gasteiger partial charge < -0.3 is 14.7 Å². The van der Waals surface area contributed by atoms with E-state index in [0.29, 0.717) is 24.9 Å². The van der Waals surface area contributed by atoms with Gasteiger partial charge in [-0.1, -0.05) is 12.1 Å². The maximum absolute atomic E-state index is 12.3. The van der Waals surface area contributed by atoms with Gasteiger partial charge in [0.25, 0.3) is 5.91 Å². The van der Waals surface area contributed by atoms with Gasteiger partial charge in [0.05, 0.1) is 0 Å². The summed E-state index contributed by atoms with van der Waals surface area (Å²) in [6, 6.07) is 9.23. The quantitative estimate of drug-likeness (QED) is 0.904. The summed E-state index contributed by atoms with van der Waals surface area (Å²) < 4.78 is 5.43. The first-order chi connectivity index (χ1) is 11.6. The third-order valence-corrected chi connectivity index (χ3v) is 5.16. The summed E-state index contributed by atoms with van der Waals surface area (Å²) in [5.41, 5.74) is 1.34. The van der Waals surface area contributed by atoms with Crippen LogP contribution in [0.5, 0.6) is 11.5 Å². The van der Waals surface area contributed by atoms with Gasteiger partial charge in [0, 0.05) is 32.2 Å². The highest BCUT2D eigenvalue weighted by atomic mass is 32.1. The predicted molar refractivity (Wildman–Crippen MR) is 94.5 cm³/mol. The number of benzene rings is 1. The molecule has 1 fully saturated rings. The number of phenolic OH excluding ortho intramolecular Hbond substituents is 1. The molecular formula is C18H22N2O3S. The molecule has 6 heteroatoms. The van der Waals surface area contributed by atoms with E-state index < -0.39 is 0 Å². The molecule has 0 radical (unpaired) electrons. The number of aromatic hydroxyl groups is 1. The summed E-state index contributed by atoms with van der Waals surface area (Å²) in [7, 11) is 0. The van der Waals surface area contributed by atoms with E-state index in [0.717, 1.165) is 13.1 Å². The summed E-state index contributed by atoms with van der Waals surface area (Å²) in [5, 5.41) is 13.9. The number of hydrogen-bond donors (Lipinski definition) is 1. The molecule has 2 heterocycles. The molecule has 1 aliphatic heterocycles. The molecular weight excluding hydrogens is 324 g/mol. The minimum absolute atomic E-state index is 0.0407. The number of para-hydroxylation sites is 2. The van der Waals surface area contributed by atoms with Gasteiger partial charge in [-0.15, -0.1) is 0 Å². The number of carbonyl (C=O) groups is 1. The molecule has 0 unspecified atom stereocenters. The number of phenols is 1. The van der Waals surface area contributed by atoms with Crippen molar-refractivity contribution in [3.8, 4) is 11.5 Å². The zero-order valence-corrected chi connectivity index (χ0v) is 14.5. The van der Waals surface area contributed by atoms with Crippen LogP contribution in [0, 0.1) is 0 Å². The Balaban J connectivity index is 1.47. The molecule has 0 spiro atoms. The zero-order valence-electron chi connectivity index (χ0n) is 13.7. The lowest BCUT2D eigenvalue weighted by molar-refractivity contribution is -0.135. The van der Waals surface area contributed by atoms with Crippen LogP contribution in [0.15, 0.2) is 41.1 Å². The third kappa shape index (κ3) is 3.88. The van der Waals surface area contributed by atoms with E-state index in [4.69, 9.17) is 4.74 Å². The molecule has 1 saturated heterocycles. The Morgan fingerprint density at radius 3 is 2.67 bits per heavy atom. The van der Waals surface area contributed by atoms with Gasteiger partial charge in [0.1, 0.15) is 0 Å². The van der Waals surface area contributed by atoms with Crippen LogP contribution in [0.25, 0.3) is 0 Å². The van der Waals surface area contributed by atoms with Gasteiger partial charge in [-0.25, -0.2) is 0 Å². The van der Waals surface area contributed by atoms with Crippen LogP contribution in [-0.4, -0.2) is 53.6 Å². The summed E-state index contributed by atoms with van der Waals surface area (Å²) in [4.78, 5) is 16.5. The van der Waals surface area contributed by atoms with Crippen molar-refractivity contribution >= 4 is 17.2 Å². The molecule has 0 saturated carbocycles. The summed E-state index contributed by atoms with van der Waals surface area (Å²) in [6.45, 7) is 5.30. The van der Waals surface area contributed by atoms with Crippen molar-refractivity contribution in [2.24, 2.45) is 0 Å². The van der Waals surface area contributed by atoms with Gasteiger partial charge in [0.15, 0.2) is 18.1 Å². The molecule has 5 nitrogen and oxygen atoms in total. The SMILES string of the molecule is C[C@H](c1ccsc1)N1CCN(C(=O)COc2ccccc2O)CC1. The van der Waals surface area contributed by atoms with Crippen molar-refractivity contribution in [2.45, 2.75) is 13.0 Å². The molecule has 1 amide bonds. The summed E-state index contributed by atoms with van der Waals surface area (Å²) >= 11 is 1.71. The smallest absolute Gasteiger partial charge is 0.260 e. The van der Waals surface area contributed by atoms with Crippen LogP contribution in [0.1, 0.15) is 18.5 Å². The van der Waals surface area contributed by atoms with Gasteiger partial charge in [0.2, 0.25) is 0 Å². The fourth-order valence-electron chi connectivity index (χ4n) is 2.89. The molecule has 1 N–H and O–H groups in total. The van der Waals surface area contributed by atoms with E-state index in [-0.39, 0.29) is 18.3 Å². The largest absolute Gasteiger partial charge is 0.504 e. The molecule has 3 rings (SSSR count).